The van der Waals surface area contributed by atoms with Crippen LogP contribution in [0, 0.1) is 5.82 Å². The molecule has 2 aromatic carbocycles. The molecule has 0 spiro atoms. The van der Waals surface area contributed by atoms with Crippen molar-refractivity contribution in [2.45, 2.75) is 18.9 Å². The highest BCUT2D eigenvalue weighted by Gasteiger charge is 2.25. The van der Waals surface area contributed by atoms with Crippen LogP contribution in [-0.2, 0) is 12.0 Å². The van der Waals surface area contributed by atoms with Gasteiger partial charge in [0.25, 0.3) is 0 Å². The van der Waals surface area contributed by atoms with Gasteiger partial charge < -0.3 is 9.84 Å². The summed E-state index contributed by atoms with van der Waals surface area (Å²) in [5, 5.41) is 10.9. The van der Waals surface area contributed by atoms with Crippen LogP contribution in [0.25, 0.3) is 0 Å². The second-order valence-electron chi connectivity index (χ2n) is 4.92. The fourth-order valence-electron chi connectivity index (χ4n) is 2.10. The summed E-state index contributed by atoms with van der Waals surface area (Å²) in [4.78, 5) is 0. The monoisotopic (exact) mass is 294 g/mol. The van der Waals surface area contributed by atoms with Crippen LogP contribution in [0.15, 0.2) is 42.5 Å². The van der Waals surface area contributed by atoms with Gasteiger partial charge in [0.1, 0.15) is 11.6 Å². The molecule has 0 aliphatic heterocycles. The fourth-order valence-corrected chi connectivity index (χ4v) is 2.25. The molecule has 0 saturated heterocycles. The van der Waals surface area contributed by atoms with Crippen LogP contribution in [0.3, 0.4) is 0 Å². The normalized spacial score (nSPS) is 13.8. The molecule has 1 N–H and O–H groups in total. The molecule has 106 valence electrons. The molecular weight excluding hydrogens is 279 g/mol. The van der Waals surface area contributed by atoms with E-state index < -0.39 is 11.4 Å². The number of aliphatic hydroxyl groups is 1. The molecule has 2 nitrogen and oxygen atoms in total. The molecule has 0 radical (unpaired) electrons. The first-order valence-corrected chi connectivity index (χ1v) is 6.61. The third kappa shape index (κ3) is 3.30. The molecule has 0 heterocycles. The van der Waals surface area contributed by atoms with Gasteiger partial charge in [0.2, 0.25) is 0 Å². The predicted molar refractivity (Wildman–Crippen MR) is 77.7 cm³/mol. The number of rotatable bonds is 4. The van der Waals surface area contributed by atoms with E-state index in [-0.39, 0.29) is 6.42 Å². The van der Waals surface area contributed by atoms with Gasteiger partial charge in [-0.3, -0.25) is 0 Å². The molecule has 1 atom stereocenters. The molecule has 0 aliphatic rings. The second-order valence-corrected chi connectivity index (χ2v) is 5.35. The lowest BCUT2D eigenvalue weighted by molar-refractivity contribution is 0.0564. The lowest BCUT2D eigenvalue weighted by atomic mass is 9.89. The highest BCUT2D eigenvalue weighted by molar-refractivity contribution is 6.30. The molecule has 0 aliphatic carbocycles. The fraction of sp³-hybridized carbons (Fsp3) is 0.250. The van der Waals surface area contributed by atoms with Crippen LogP contribution in [0.1, 0.15) is 18.1 Å². The van der Waals surface area contributed by atoms with Gasteiger partial charge in [0, 0.05) is 11.4 Å². The quantitative estimate of drug-likeness (QED) is 0.925. The number of halogens is 2. The van der Waals surface area contributed by atoms with Crippen molar-refractivity contribution in [3.63, 3.8) is 0 Å². The summed E-state index contributed by atoms with van der Waals surface area (Å²) in [6, 6.07) is 11.6. The van der Waals surface area contributed by atoms with Crippen molar-refractivity contribution in [2.75, 3.05) is 7.11 Å². The van der Waals surface area contributed by atoms with Crippen LogP contribution in [0.4, 0.5) is 4.39 Å². The van der Waals surface area contributed by atoms with Gasteiger partial charge in [-0.25, -0.2) is 4.39 Å². The van der Waals surface area contributed by atoms with Gasteiger partial charge in [-0.1, -0.05) is 29.8 Å². The summed E-state index contributed by atoms with van der Waals surface area (Å²) in [6.45, 7) is 1.65. The number of ether oxygens (including phenoxy) is 1. The molecule has 0 amide bonds. The van der Waals surface area contributed by atoms with Crippen LogP contribution in [-0.4, -0.2) is 12.2 Å². The Balaban J connectivity index is 2.29. The standard InChI is InChI=1S/C16H16ClFO2/c1-16(19,12-4-3-5-14(8-12)20-2)10-11-6-7-13(17)9-15(11)18/h3-9,19H,10H2,1-2H3. The number of hydrogen-bond donors (Lipinski definition) is 1. The first kappa shape index (κ1) is 14.8. The van der Waals surface area contributed by atoms with Gasteiger partial charge in [-0.15, -0.1) is 0 Å². The van der Waals surface area contributed by atoms with E-state index in [1.54, 1.807) is 50.4 Å². The summed E-state index contributed by atoms with van der Waals surface area (Å²) < 4.78 is 19.0. The Hall–Kier alpha value is -1.58. The van der Waals surface area contributed by atoms with E-state index in [0.717, 1.165) is 0 Å². The minimum absolute atomic E-state index is 0.156. The van der Waals surface area contributed by atoms with Gasteiger partial charge in [-0.05, 0) is 42.3 Å². The van der Waals surface area contributed by atoms with Crippen molar-refractivity contribution in [3.05, 3.63) is 64.4 Å². The molecule has 0 fully saturated rings. The molecule has 2 rings (SSSR count). The van der Waals surface area contributed by atoms with E-state index >= 15 is 0 Å². The molecule has 0 bridgehead atoms. The van der Waals surface area contributed by atoms with Gasteiger partial charge in [-0.2, -0.15) is 0 Å². The molecule has 1 unspecified atom stereocenters. The minimum atomic E-state index is -1.19. The zero-order chi connectivity index (χ0) is 14.8. The van der Waals surface area contributed by atoms with Gasteiger partial charge in [0.05, 0.1) is 12.7 Å². The van der Waals surface area contributed by atoms with Crippen molar-refractivity contribution < 1.29 is 14.2 Å². The average molecular weight is 295 g/mol. The minimum Gasteiger partial charge on any atom is -0.497 e. The van der Waals surface area contributed by atoms with Crippen molar-refractivity contribution in [1.82, 2.24) is 0 Å². The Morgan fingerprint density at radius 3 is 2.65 bits per heavy atom. The molecule has 2 aromatic rings. The first-order chi connectivity index (χ1) is 9.42. The van der Waals surface area contributed by atoms with Gasteiger partial charge in [0.15, 0.2) is 0 Å². The van der Waals surface area contributed by atoms with Crippen molar-refractivity contribution in [1.29, 1.82) is 0 Å². The number of methoxy groups -OCH3 is 1. The van der Waals surface area contributed by atoms with Crippen molar-refractivity contribution >= 4 is 11.6 Å². The first-order valence-electron chi connectivity index (χ1n) is 6.23. The predicted octanol–water partition coefficient (Wildman–Crippen LogP) is 3.94. The number of benzene rings is 2. The highest BCUT2D eigenvalue weighted by Crippen LogP contribution is 2.29. The van der Waals surface area contributed by atoms with E-state index in [2.05, 4.69) is 0 Å². The summed E-state index contributed by atoms with van der Waals surface area (Å²) in [7, 11) is 1.56. The maximum atomic E-state index is 13.8. The smallest absolute Gasteiger partial charge is 0.127 e. The van der Waals surface area contributed by atoms with E-state index in [1.165, 1.54) is 6.07 Å². The summed E-state index contributed by atoms with van der Waals surface area (Å²) in [5.74, 6) is 0.236. The molecule has 20 heavy (non-hydrogen) atoms. The SMILES string of the molecule is COc1cccc(C(C)(O)Cc2ccc(Cl)cc2F)c1. The van der Waals surface area contributed by atoms with Gasteiger partial charge >= 0.3 is 0 Å². The maximum Gasteiger partial charge on any atom is 0.127 e. The van der Waals surface area contributed by atoms with E-state index in [4.69, 9.17) is 16.3 Å². The number of hydrogen-bond acceptors (Lipinski definition) is 2. The Bertz CT molecular complexity index is 611. The zero-order valence-electron chi connectivity index (χ0n) is 11.4. The summed E-state index contributed by atoms with van der Waals surface area (Å²) in [6.07, 6.45) is 0.156. The van der Waals surface area contributed by atoms with E-state index in [0.29, 0.717) is 21.9 Å². The van der Waals surface area contributed by atoms with E-state index in [1.807, 2.05) is 0 Å². The molecular formula is C16H16ClFO2. The third-order valence-corrected chi connectivity index (χ3v) is 3.48. The zero-order valence-corrected chi connectivity index (χ0v) is 12.1. The maximum absolute atomic E-state index is 13.8. The summed E-state index contributed by atoms with van der Waals surface area (Å²) in [5.41, 5.74) is -0.100. The topological polar surface area (TPSA) is 29.5 Å². The van der Waals surface area contributed by atoms with Crippen LogP contribution >= 0.6 is 11.6 Å². The summed E-state index contributed by atoms with van der Waals surface area (Å²) >= 11 is 5.73. The lowest BCUT2D eigenvalue weighted by Crippen LogP contribution is -2.24. The van der Waals surface area contributed by atoms with Crippen LogP contribution in [0.2, 0.25) is 5.02 Å². The Morgan fingerprint density at radius 2 is 2.00 bits per heavy atom. The Labute approximate surface area is 122 Å². The highest BCUT2D eigenvalue weighted by atomic mass is 35.5. The second kappa shape index (κ2) is 5.81. The largest absolute Gasteiger partial charge is 0.497 e. The van der Waals surface area contributed by atoms with Crippen molar-refractivity contribution in [3.8, 4) is 5.75 Å². The average Bonchev–Trinajstić information content (AvgIpc) is 2.42. The molecule has 0 aromatic heterocycles. The van der Waals surface area contributed by atoms with E-state index in [9.17, 15) is 9.50 Å². The van der Waals surface area contributed by atoms with Crippen LogP contribution < -0.4 is 4.74 Å². The Kier molecular flexibility index (Phi) is 4.31. The van der Waals surface area contributed by atoms with Crippen molar-refractivity contribution in [2.24, 2.45) is 0 Å². The third-order valence-electron chi connectivity index (χ3n) is 3.24. The molecule has 0 saturated carbocycles. The molecule has 4 heteroatoms. The van der Waals surface area contributed by atoms with Crippen LogP contribution in [0.5, 0.6) is 5.75 Å². The Morgan fingerprint density at radius 1 is 1.25 bits per heavy atom. The lowest BCUT2D eigenvalue weighted by Gasteiger charge is -2.24.